The zero-order chi connectivity index (χ0) is 14.8. The summed E-state index contributed by atoms with van der Waals surface area (Å²) in [6.45, 7) is 6.31. The van der Waals surface area contributed by atoms with Gasteiger partial charge in [-0.1, -0.05) is 6.92 Å². The molecular weight excluding hydrogens is 278 g/mol. The second-order valence-electron chi connectivity index (χ2n) is 4.92. The van der Waals surface area contributed by atoms with Crippen molar-refractivity contribution in [1.82, 2.24) is 8.87 Å². The van der Waals surface area contributed by atoms with Gasteiger partial charge in [0.15, 0.2) is 0 Å². The average Bonchev–Trinajstić information content (AvgIpc) is 2.91. The lowest BCUT2D eigenvalue weighted by Crippen LogP contribution is -2.45. The minimum atomic E-state index is -3.45. The van der Waals surface area contributed by atoms with Crippen molar-refractivity contribution in [2.24, 2.45) is 5.73 Å². The van der Waals surface area contributed by atoms with E-state index in [-0.39, 0.29) is 6.10 Å². The highest BCUT2D eigenvalue weighted by molar-refractivity contribution is 7.89. The molecule has 1 saturated heterocycles. The lowest BCUT2D eigenvalue weighted by molar-refractivity contribution is -0.00277. The van der Waals surface area contributed by atoms with E-state index in [4.69, 9.17) is 10.5 Å². The molecule has 2 rings (SSSR count). The normalized spacial score (nSPS) is 21.2. The largest absolute Gasteiger partial charge is 0.375 e. The van der Waals surface area contributed by atoms with E-state index in [0.29, 0.717) is 37.7 Å². The summed E-state index contributed by atoms with van der Waals surface area (Å²) in [6, 6.07) is 1.68. The lowest BCUT2D eigenvalue weighted by atomic mass is 10.2. The van der Waals surface area contributed by atoms with Gasteiger partial charge in [-0.2, -0.15) is 4.31 Å². The van der Waals surface area contributed by atoms with Crippen LogP contribution in [0.1, 0.15) is 26.0 Å². The molecule has 0 bridgehead atoms. The molecule has 0 aromatic carbocycles. The second kappa shape index (κ2) is 6.26. The van der Waals surface area contributed by atoms with Crippen molar-refractivity contribution in [1.29, 1.82) is 0 Å². The van der Waals surface area contributed by atoms with Crippen LogP contribution in [0.4, 0.5) is 0 Å². The summed E-state index contributed by atoms with van der Waals surface area (Å²) >= 11 is 0. The fourth-order valence-electron chi connectivity index (χ4n) is 2.44. The molecule has 0 amide bonds. The number of hydrogen-bond acceptors (Lipinski definition) is 4. The summed E-state index contributed by atoms with van der Waals surface area (Å²) in [5, 5.41) is 0. The standard InChI is InChI=1S/C13H23N3O3S/c1-3-12-9-16(5-6-19-12)20(17,18)13-7-11(8-14)15(4-2)10-13/h7,10,12H,3-6,8-9,14H2,1-2H3. The fourth-order valence-corrected chi connectivity index (χ4v) is 3.96. The van der Waals surface area contributed by atoms with E-state index < -0.39 is 10.0 Å². The van der Waals surface area contributed by atoms with Gasteiger partial charge in [-0.05, 0) is 19.4 Å². The Morgan fingerprint density at radius 2 is 2.20 bits per heavy atom. The molecule has 20 heavy (non-hydrogen) atoms. The van der Waals surface area contributed by atoms with Gasteiger partial charge in [0.1, 0.15) is 4.90 Å². The smallest absolute Gasteiger partial charge is 0.244 e. The van der Waals surface area contributed by atoms with Crippen molar-refractivity contribution in [2.45, 2.75) is 44.4 Å². The number of ether oxygens (including phenoxy) is 1. The molecule has 0 saturated carbocycles. The number of morpholine rings is 1. The van der Waals surface area contributed by atoms with Crippen LogP contribution in [0.15, 0.2) is 17.2 Å². The van der Waals surface area contributed by atoms with Gasteiger partial charge in [-0.25, -0.2) is 8.42 Å². The molecule has 0 spiro atoms. The molecule has 1 aromatic rings. The van der Waals surface area contributed by atoms with Crippen LogP contribution >= 0.6 is 0 Å². The first-order valence-corrected chi connectivity index (χ1v) is 8.47. The highest BCUT2D eigenvalue weighted by Crippen LogP contribution is 2.22. The number of hydrogen-bond donors (Lipinski definition) is 1. The Kier molecular flexibility index (Phi) is 4.85. The van der Waals surface area contributed by atoms with Crippen LogP contribution < -0.4 is 5.73 Å². The predicted octanol–water partition coefficient (Wildman–Crippen LogP) is 0.766. The summed E-state index contributed by atoms with van der Waals surface area (Å²) in [4.78, 5) is 0.330. The van der Waals surface area contributed by atoms with Crippen molar-refractivity contribution in [2.75, 3.05) is 19.7 Å². The van der Waals surface area contributed by atoms with E-state index in [0.717, 1.165) is 12.1 Å². The first-order chi connectivity index (χ1) is 9.52. The molecule has 1 fully saturated rings. The van der Waals surface area contributed by atoms with Gasteiger partial charge in [-0.15, -0.1) is 0 Å². The Hall–Kier alpha value is -0.890. The van der Waals surface area contributed by atoms with Crippen LogP contribution in [0.25, 0.3) is 0 Å². The molecule has 7 heteroatoms. The fraction of sp³-hybridized carbons (Fsp3) is 0.692. The summed E-state index contributed by atoms with van der Waals surface area (Å²) in [5.41, 5.74) is 6.49. The van der Waals surface area contributed by atoms with Crippen LogP contribution in [0.5, 0.6) is 0 Å². The van der Waals surface area contributed by atoms with Crippen LogP contribution in [0.3, 0.4) is 0 Å². The van der Waals surface area contributed by atoms with Gasteiger partial charge in [0.2, 0.25) is 10.0 Å². The van der Waals surface area contributed by atoms with Crippen LogP contribution in [0, 0.1) is 0 Å². The Bertz CT molecular complexity index is 532. The molecule has 1 unspecified atom stereocenters. The average molecular weight is 301 g/mol. The van der Waals surface area contributed by atoms with Crippen molar-refractivity contribution in [3.05, 3.63) is 18.0 Å². The highest BCUT2D eigenvalue weighted by atomic mass is 32.2. The first-order valence-electron chi connectivity index (χ1n) is 7.03. The summed E-state index contributed by atoms with van der Waals surface area (Å²) in [6.07, 6.45) is 2.48. The number of aromatic nitrogens is 1. The van der Waals surface area contributed by atoms with E-state index in [1.165, 1.54) is 4.31 Å². The summed E-state index contributed by atoms with van der Waals surface area (Å²) < 4.78 is 34.2. The third kappa shape index (κ3) is 2.90. The van der Waals surface area contributed by atoms with Gasteiger partial charge >= 0.3 is 0 Å². The predicted molar refractivity (Wildman–Crippen MR) is 76.8 cm³/mol. The maximum absolute atomic E-state index is 12.7. The number of nitrogens with zero attached hydrogens (tertiary/aromatic N) is 2. The molecule has 0 aliphatic carbocycles. The maximum Gasteiger partial charge on any atom is 0.244 e. The molecule has 2 N–H and O–H groups in total. The molecule has 0 radical (unpaired) electrons. The molecule has 1 aromatic heterocycles. The van der Waals surface area contributed by atoms with E-state index in [1.807, 2.05) is 18.4 Å². The van der Waals surface area contributed by atoms with E-state index in [2.05, 4.69) is 0 Å². The Morgan fingerprint density at radius 3 is 2.75 bits per heavy atom. The number of rotatable bonds is 5. The summed E-state index contributed by atoms with van der Waals surface area (Å²) in [5.74, 6) is 0. The van der Waals surface area contributed by atoms with Gasteiger partial charge in [0, 0.05) is 38.1 Å². The lowest BCUT2D eigenvalue weighted by Gasteiger charge is -2.31. The maximum atomic E-state index is 12.7. The highest BCUT2D eigenvalue weighted by Gasteiger charge is 2.31. The number of sulfonamides is 1. The van der Waals surface area contributed by atoms with Crippen LogP contribution in [-0.4, -0.2) is 43.1 Å². The molecule has 2 heterocycles. The third-order valence-electron chi connectivity index (χ3n) is 3.71. The molecule has 1 aliphatic heterocycles. The molecule has 6 nitrogen and oxygen atoms in total. The molecule has 1 aliphatic rings. The molecule has 1 atom stereocenters. The molecular formula is C13H23N3O3S. The van der Waals surface area contributed by atoms with Crippen molar-refractivity contribution >= 4 is 10.0 Å². The van der Waals surface area contributed by atoms with Crippen molar-refractivity contribution < 1.29 is 13.2 Å². The Labute approximate surface area is 120 Å². The summed E-state index contributed by atoms with van der Waals surface area (Å²) in [7, 11) is -3.45. The SMILES string of the molecule is CCC1CN(S(=O)(=O)c2cc(CN)n(CC)c2)CCO1. The van der Waals surface area contributed by atoms with Crippen molar-refractivity contribution in [3.63, 3.8) is 0 Å². The number of aryl methyl sites for hydroxylation is 1. The Morgan fingerprint density at radius 1 is 1.45 bits per heavy atom. The zero-order valence-corrected chi connectivity index (χ0v) is 12.9. The van der Waals surface area contributed by atoms with E-state index in [1.54, 1.807) is 12.3 Å². The monoisotopic (exact) mass is 301 g/mol. The van der Waals surface area contributed by atoms with Crippen LogP contribution in [0.2, 0.25) is 0 Å². The van der Waals surface area contributed by atoms with Crippen molar-refractivity contribution in [3.8, 4) is 0 Å². The minimum Gasteiger partial charge on any atom is -0.375 e. The first kappa shape index (κ1) is 15.5. The molecule has 114 valence electrons. The topological polar surface area (TPSA) is 77.6 Å². The third-order valence-corrected chi connectivity index (χ3v) is 5.54. The van der Waals surface area contributed by atoms with Crippen LogP contribution in [-0.2, 0) is 27.8 Å². The van der Waals surface area contributed by atoms with Gasteiger partial charge in [0.05, 0.1) is 12.7 Å². The second-order valence-corrected chi connectivity index (χ2v) is 6.86. The van der Waals surface area contributed by atoms with E-state index in [9.17, 15) is 8.42 Å². The quantitative estimate of drug-likeness (QED) is 0.871. The minimum absolute atomic E-state index is 0.0132. The number of nitrogens with two attached hydrogens (primary N) is 1. The Balaban J connectivity index is 2.27. The van der Waals surface area contributed by atoms with Gasteiger partial charge in [-0.3, -0.25) is 0 Å². The zero-order valence-electron chi connectivity index (χ0n) is 12.1. The van der Waals surface area contributed by atoms with Gasteiger partial charge < -0.3 is 15.0 Å². The van der Waals surface area contributed by atoms with E-state index >= 15 is 0 Å². The van der Waals surface area contributed by atoms with Gasteiger partial charge in [0.25, 0.3) is 0 Å².